The van der Waals surface area contributed by atoms with Crippen LogP contribution in [-0.4, -0.2) is 72.3 Å². The standard InChI is InChI=1S/C18H23N5O3S3/c24-17(21-14-3-1-7-22(13-14)18-19-5-2-6-20-18)16-15(4-10-28-16)29(25,26)23-8-11-27-12-9-23/h2,4-6,10,14H,1,3,7-9,11-13H2,(H,21,24). The highest BCUT2D eigenvalue weighted by Crippen LogP contribution is 2.27. The highest BCUT2D eigenvalue weighted by atomic mass is 32.2. The zero-order valence-electron chi connectivity index (χ0n) is 15.9. The Kier molecular flexibility index (Phi) is 6.38. The van der Waals surface area contributed by atoms with Crippen molar-refractivity contribution in [1.29, 1.82) is 0 Å². The van der Waals surface area contributed by atoms with Gasteiger partial charge in [-0.1, -0.05) is 0 Å². The Labute approximate surface area is 178 Å². The minimum atomic E-state index is -3.65. The Morgan fingerprint density at radius 1 is 1.17 bits per heavy atom. The molecule has 0 spiro atoms. The van der Waals surface area contributed by atoms with Gasteiger partial charge in [-0.05, 0) is 30.4 Å². The van der Waals surface area contributed by atoms with Gasteiger partial charge in [0.1, 0.15) is 9.77 Å². The van der Waals surface area contributed by atoms with Crippen LogP contribution in [0.4, 0.5) is 5.95 Å². The van der Waals surface area contributed by atoms with Crippen LogP contribution < -0.4 is 10.2 Å². The van der Waals surface area contributed by atoms with Crippen LogP contribution in [0.2, 0.25) is 0 Å². The summed E-state index contributed by atoms with van der Waals surface area (Å²) < 4.78 is 27.5. The third-order valence-corrected chi connectivity index (χ3v) is 8.94. The predicted molar refractivity (Wildman–Crippen MR) is 115 cm³/mol. The first kappa shape index (κ1) is 20.6. The number of carbonyl (C=O) groups is 1. The van der Waals surface area contributed by atoms with Gasteiger partial charge in [-0.3, -0.25) is 4.79 Å². The minimum Gasteiger partial charge on any atom is -0.347 e. The van der Waals surface area contributed by atoms with Crippen molar-refractivity contribution in [1.82, 2.24) is 19.6 Å². The highest BCUT2D eigenvalue weighted by Gasteiger charge is 2.32. The Hall–Kier alpha value is -1.69. The molecular formula is C18H23N5O3S3. The van der Waals surface area contributed by atoms with Gasteiger partial charge in [-0.15, -0.1) is 11.3 Å². The number of thioether (sulfide) groups is 1. The maximum absolute atomic E-state index is 13.0. The number of aromatic nitrogens is 2. The Balaban J connectivity index is 1.46. The number of nitrogens with one attached hydrogen (secondary N) is 1. The quantitative estimate of drug-likeness (QED) is 0.736. The number of rotatable bonds is 5. The first-order valence-corrected chi connectivity index (χ1v) is 13.0. The largest absolute Gasteiger partial charge is 0.347 e. The molecule has 1 atom stereocenters. The number of anilines is 1. The molecule has 0 radical (unpaired) electrons. The van der Waals surface area contributed by atoms with Crippen LogP contribution in [-0.2, 0) is 10.0 Å². The number of piperidine rings is 1. The molecule has 29 heavy (non-hydrogen) atoms. The van der Waals surface area contributed by atoms with Gasteiger partial charge in [0.15, 0.2) is 0 Å². The lowest BCUT2D eigenvalue weighted by Gasteiger charge is -2.33. The van der Waals surface area contributed by atoms with E-state index in [1.54, 1.807) is 41.7 Å². The van der Waals surface area contributed by atoms with Gasteiger partial charge in [0.2, 0.25) is 16.0 Å². The first-order chi connectivity index (χ1) is 14.1. The summed E-state index contributed by atoms with van der Waals surface area (Å²) >= 11 is 2.92. The smallest absolute Gasteiger partial charge is 0.263 e. The summed E-state index contributed by atoms with van der Waals surface area (Å²) in [5.41, 5.74) is 0. The summed E-state index contributed by atoms with van der Waals surface area (Å²) in [5, 5.41) is 4.70. The van der Waals surface area contributed by atoms with Crippen LogP contribution in [0.15, 0.2) is 34.8 Å². The second-order valence-electron chi connectivity index (χ2n) is 6.94. The van der Waals surface area contributed by atoms with Gasteiger partial charge >= 0.3 is 0 Å². The van der Waals surface area contributed by atoms with Gasteiger partial charge in [0.05, 0.1) is 0 Å². The Bertz CT molecular complexity index is 945. The second-order valence-corrected chi connectivity index (χ2v) is 11.0. The van der Waals surface area contributed by atoms with Crippen molar-refractivity contribution in [2.75, 3.05) is 42.6 Å². The number of sulfonamides is 1. The molecular weight excluding hydrogens is 430 g/mol. The number of hydrogen-bond donors (Lipinski definition) is 1. The summed E-state index contributed by atoms with van der Waals surface area (Å²) in [4.78, 5) is 23.9. The van der Waals surface area contributed by atoms with E-state index in [0.717, 1.165) is 30.9 Å². The van der Waals surface area contributed by atoms with Crippen LogP contribution in [0.25, 0.3) is 0 Å². The molecule has 4 heterocycles. The van der Waals surface area contributed by atoms with Crippen LogP contribution in [0.5, 0.6) is 0 Å². The molecule has 0 aliphatic carbocycles. The average molecular weight is 454 g/mol. The molecule has 11 heteroatoms. The number of thiophene rings is 1. The number of carbonyl (C=O) groups excluding carboxylic acids is 1. The molecule has 1 N–H and O–H groups in total. The summed E-state index contributed by atoms with van der Waals surface area (Å²) in [5.74, 6) is 1.88. The average Bonchev–Trinajstić information content (AvgIpc) is 3.26. The molecule has 2 aromatic heterocycles. The van der Waals surface area contributed by atoms with Crippen molar-refractivity contribution >= 4 is 45.0 Å². The number of nitrogens with zero attached hydrogens (tertiary/aromatic N) is 4. The van der Waals surface area contributed by atoms with E-state index in [2.05, 4.69) is 15.3 Å². The minimum absolute atomic E-state index is 0.0795. The molecule has 2 aliphatic rings. The van der Waals surface area contributed by atoms with E-state index < -0.39 is 10.0 Å². The molecule has 2 fully saturated rings. The van der Waals surface area contributed by atoms with E-state index in [-0.39, 0.29) is 21.7 Å². The van der Waals surface area contributed by atoms with Crippen molar-refractivity contribution in [3.63, 3.8) is 0 Å². The summed E-state index contributed by atoms with van der Waals surface area (Å²) in [6, 6.07) is 3.23. The van der Waals surface area contributed by atoms with Gasteiger partial charge in [0, 0.05) is 56.1 Å². The molecule has 0 saturated carbocycles. The maximum Gasteiger partial charge on any atom is 0.263 e. The predicted octanol–water partition coefficient (Wildman–Crippen LogP) is 1.67. The highest BCUT2D eigenvalue weighted by molar-refractivity contribution is 7.99. The lowest BCUT2D eigenvalue weighted by molar-refractivity contribution is 0.0934. The van der Waals surface area contributed by atoms with Gasteiger partial charge in [0.25, 0.3) is 5.91 Å². The van der Waals surface area contributed by atoms with Crippen molar-refractivity contribution < 1.29 is 13.2 Å². The lowest BCUT2D eigenvalue weighted by atomic mass is 10.1. The van der Waals surface area contributed by atoms with E-state index in [1.165, 1.54) is 15.6 Å². The SMILES string of the molecule is O=C(NC1CCCN(c2ncccn2)C1)c1sccc1S(=O)(=O)N1CCSCC1. The molecule has 8 nitrogen and oxygen atoms in total. The monoisotopic (exact) mass is 453 g/mol. The fourth-order valence-corrected chi connectivity index (χ4v) is 7.45. The maximum atomic E-state index is 13.0. The zero-order valence-corrected chi connectivity index (χ0v) is 18.3. The summed E-state index contributed by atoms with van der Waals surface area (Å²) in [6.07, 6.45) is 5.15. The molecule has 156 valence electrons. The van der Waals surface area contributed by atoms with Gasteiger partial charge in [-0.25, -0.2) is 18.4 Å². The zero-order chi connectivity index (χ0) is 20.3. The van der Waals surface area contributed by atoms with Gasteiger partial charge in [-0.2, -0.15) is 16.1 Å². The topological polar surface area (TPSA) is 95.5 Å². The molecule has 2 aliphatic heterocycles. The third-order valence-electron chi connectivity index (χ3n) is 5.01. The fraction of sp³-hybridized carbons (Fsp3) is 0.500. The van der Waals surface area contributed by atoms with Crippen molar-refractivity contribution in [2.45, 2.75) is 23.8 Å². The molecule has 1 amide bonds. The third kappa shape index (κ3) is 4.57. The van der Waals surface area contributed by atoms with E-state index in [1.807, 2.05) is 4.90 Å². The fourth-order valence-electron chi connectivity index (χ4n) is 3.57. The summed E-state index contributed by atoms with van der Waals surface area (Å²) in [7, 11) is -3.65. The molecule has 4 rings (SSSR count). The van der Waals surface area contributed by atoms with Crippen molar-refractivity contribution in [2.24, 2.45) is 0 Å². The molecule has 2 aromatic rings. The first-order valence-electron chi connectivity index (χ1n) is 9.54. The van der Waals surface area contributed by atoms with Crippen molar-refractivity contribution in [3.8, 4) is 0 Å². The molecule has 1 unspecified atom stereocenters. The molecule has 0 aromatic carbocycles. The van der Waals surface area contributed by atoms with E-state index in [0.29, 0.717) is 25.6 Å². The Morgan fingerprint density at radius 3 is 2.69 bits per heavy atom. The van der Waals surface area contributed by atoms with E-state index in [4.69, 9.17) is 0 Å². The number of amides is 1. The van der Waals surface area contributed by atoms with Crippen LogP contribution in [0.3, 0.4) is 0 Å². The van der Waals surface area contributed by atoms with E-state index in [9.17, 15) is 13.2 Å². The normalized spacial score (nSPS) is 21.1. The molecule has 0 bridgehead atoms. The van der Waals surface area contributed by atoms with Crippen molar-refractivity contribution in [3.05, 3.63) is 34.8 Å². The Morgan fingerprint density at radius 2 is 1.93 bits per heavy atom. The second kappa shape index (κ2) is 8.99. The van der Waals surface area contributed by atoms with Crippen LogP contribution in [0, 0.1) is 0 Å². The van der Waals surface area contributed by atoms with E-state index >= 15 is 0 Å². The van der Waals surface area contributed by atoms with Gasteiger partial charge < -0.3 is 10.2 Å². The number of hydrogen-bond acceptors (Lipinski definition) is 8. The van der Waals surface area contributed by atoms with Crippen LogP contribution >= 0.6 is 23.1 Å². The molecule has 2 saturated heterocycles. The lowest BCUT2D eigenvalue weighted by Crippen LogP contribution is -2.48. The summed E-state index contributed by atoms with van der Waals surface area (Å²) in [6.45, 7) is 2.41. The van der Waals surface area contributed by atoms with Crippen LogP contribution in [0.1, 0.15) is 22.5 Å².